The molecule has 0 heterocycles. The molecule has 0 saturated heterocycles. The maximum Gasteiger partial charge on any atom is 4.00 e. The summed E-state index contributed by atoms with van der Waals surface area (Å²) in [5.74, 6) is 0. The van der Waals surface area contributed by atoms with Gasteiger partial charge in [0.15, 0.2) is 0 Å². The maximum absolute atomic E-state index is 2.31. The van der Waals surface area contributed by atoms with E-state index in [1.807, 2.05) is 0 Å². The Morgan fingerprint density at radius 1 is 0.588 bits per heavy atom. The minimum Gasteiger partial charge on any atom is -1.00 e. The topological polar surface area (TPSA) is 0 Å². The third-order valence-corrected chi connectivity index (χ3v) is 5.44. The normalized spacial score (nSPS) is 10.6. The van der Waals surface area contributed by atoms with Crippen LogP contribution in [0.3, 0.4) is 0 Å². The molecule has 0 nitrogen and oxygen atoms in total. The van der Waals surface area contributed by atoms with Crippen molar-refractivity contribution in [3.8, 4) is 0 Å². The fourth-order valence-corrected chi connectivity index (χ4v) is 3.66. The molecule has 34 heavy (non-hydrogen) atoms. The molecule has 0 aromatic heterocycles. The molecule has 182 valence electrons. The number of hydrogen-bond donors (Lipinski definition) is 0. The number of halogens is 2. The van der Waals surface area contributed by atoms with Crippen LogP contribution in [0.4, 0.5) is 0 Å². The standard InChI is InChI=1S/2C14H17.C2H6Si.2ClH.Hf/c2*1-10-7-11-5-6-13(14(2,3)4)9-12(11)8-10;1-3-2;;;/h2*5-9H,1-4H3;1-2H3;2*1H;/q2*-1;;;;+4/p-2. The second-order valence-electron chi connectivity index (χ2n) is 10.8. The van der Waals surface area contributed by atoms with Gasteiger partial charge in [0, 0.05) is 9.52 Å². The zero-order chi connectivity index (χ0) is 23.4. The van der Waals surface area contributed by atoms with Crippen molar-refractivity contribution in [1.82, 2.24) is 0 Å². The number of fused-ring (bicyclic) bond motifs is 2. The van der Waals surface area contributed by atoms with E-state index in [-0.39, 0.29) is 61.5 Å². The van der Waals surface area contributed by atoms with Gasteiger partial charge in [0.1, 0.15) is 0 Å². The van der Waals surface area contributed by atoms with Gasteiger partial charge in [-0.2, -0.15) is 12.1 Å². The first-order chi connectivity index (χ1) is 14.3. The van der Waals surface area contributed by atoms with Crippen molar-refractivity contribution in [2.75, 3.05) is 0 Å². The maximum atomic E-state index is 2.31. The molecule has 0 aliphatic carbocycles. The van der Waals surface area contributed by atoms with Crippen LogP contribution in [0, 0.1) is 13.8 Å². The van der Waals surface area contributed by atoms with Crippen molar-refractivity contribution in [3.63, 3.8) is 0 Å². The Hall–Kier alpha value is -0.673. The first-order valence-corrected chi connectivity index (χ1v) is 13.3. The van der Waals surface area contributed by atoms with Crippen molar-refractivity contribution in [3.05, 3.63) is 82.9 Å². The van der Waals surface area contributed by atoms with Crippen LogP contribution in [0.15, 0.2) is 60.7 Å². The quantitative estimate of drug-likeness (QED) is 0.198. The van der Waals surface area contributed by atoms with Crippen LogP contribution in [0.5, 0.6) is 0 Å². The zero-order valence-electron chi connectivity index (χ0n) is 22.5. The fourth-order valence-electron chi connectivity index (χ4n) is 3.66. The first-order valence-electron chi connectivity index (χ1n) is 11.3. The Morgan fingerprint density at radius 2 is 0.882 bits per heavy atom. The molecule has 0 unspecified atom stereocenters. The second-order valence-corrected chi connectivity index (χ2v) is 11.8. The van der Waals surface area contributed by atoms with Crippen molar-refractivity contribution in [2.45, 2.75) is 79.3 Å². The monoisotopic (exact) mass is 678 g/mol. The van der Waals surface area contributed by atoms with E-state index in [0.29, 0.717) is 0 Å². The Kier molecular flexibility index (Phi) is 15.4. The van der Waals surface area contributed by atoms with Gasteiger partial charge in [-0.1, -0.05) is 79.6 Å². The van der Waals surface area contributed by atoms with E-state index in [2.05, 4.69) is 129 Å². The first kappa shape index (κ1) is 35.5. The summed E-state index contributed by atoms with van der Waals surface area (Å²) in [6.45, 7) is 22.1. The van der Waals surface area contributed by atoms with Crippen molar-refractivity contribution in [2.24, 2.45) is 0 Å². The molecular weight excluding hydrogens is 638 g/mol. The van der Waals surface area contributed by atoms with Gasteiger partial charge in [0.05, 0.1) is 0 Å². The fraction of sp³-hybridized carbons (Fsp3) is 0.400. The Morgan fingerprint density at radius 3 is 1.15 bits per heavy atom. The molecule has 0 fully saturated rings. The summed E-state index contributed by atoms with van der Waals surface area (Å²) in [6.07, 6.45) is 0. The smallest absolute Gasteiger partial charge is 1.00 e. The predicted molar refractivity (Wildman–Crippen MR) is 143 cm³/mol. The molecule has 0 saturated carbocycles. The molecule has 0 N–H and O–H groups in total. The van der Waals surface area contributed by atoms with Crippen molar-refractivity contribution < 1.29 is 50.7 Å². The Labute approximate surface area is 242 Å². The molecule has 0 bridgehead atoms. The SMILES string of the molecule is C[Si]C.Cc1cc2cc(C(C)(C)C)ccc2[cH-]1.Cc1cc2cc(C(C)(C)C)ccc2[cH-]1.[Cl-].[Cl-].[Hf+4]. The van der Waals surface area contributed by atoms with Crippen molar-refractivity contribution in [1.29, 1.82) is 0 Å². The molecule has 4 aromatic carbocycles. The van der Waals surface area contributed by atoms with Crippen LogP contribution in [0.1, 0.15) is 63.8 Å². The Bertz CT molecular complexity index is 1030. The average Bonchev–Trinajstić information content (AvgIpc) is 3.20. The number of aryl methyl sites for hydroxylation is 2. The molecule has 2 radical (unpaired) electrons. The van der Waals surface area contributed by atoms with E-state index >= 15 is 0 Å². The summed E-state index contributed by atoms with van der Waals surface area (Å²) >= 11 is 0. The van der Waals surface area contributed by atoms with Crippen LogP contribution < -0.4 is 24.8 Å². The third kappa shape index (κ3) is 10.1. The van der Waals surface area contributed by atoms with Crippen LogP contribution in [0.25, 0.3) is 21.5 Å². The summed E-state index contributed by atoms with van der Waals surface area (Å²) < 4.78 is 0. The predicted octanol–water partition coefficient (Wildman–Crippen LogP) is 3.12. The molecule has 4 aromatic rings. The van der Waals surface area contributed by atoms with Crippen LogP contribution in [0.2, 0.25) is 13.1 Å². The third-order valence-electron chi connectivity index (χ3n) is 5.44. The van der Waals surface area contributed by atoms with Crippen molar-refractivity contribution >= 4 is 31.1 Å². The molecular formula is C30H40Cl2HfSi. The summed E-state index contributed by atoms with van der Waals surface area (Å²) in [5, 5.41) is 5.45. The van der Waals surface area contributed by atoms with Gasteiger partial charge in [-0.05, 0) is 10.8 Å². The van der Waals surface area contributed by atoms with Gasteiger partial charge in [0.25, 0.3) is 0 Å². The van der Waals surface area contributed by atoms with E-state index in [4.69, 9.17) is 0 Å². The summed E-state index contributed by atoms with van der Waals surface area (Å²) in [6, 6.07) is 22.5. The van der Waals surface area contributed by atoms with E-state index < -0.39 is 0 Å². The Balaban J connectivity index is 0. The molecule has 0 aliphatic heterocycles. The molecule has 0 amide bonds. The van der Waals surface area contributed by atoms with E-state index in [1.54, 1.807) is 0 Å². The average molecular weight is 678 g/mol. The van der Waals surface area contributed by atoms with Gasteiger partial charge < -0.3 is 24.8 Å². The van der Waals surface area contributed by atoms with E-state index in [0.717, 1.165) is 9.52 Å². The number of hydrogen-bond acceptors (Lipinski definition) is 0. The van der Waals surface area contributed by atoms with Gasteiger partial charge in [-0.15, -0.1) is 81.2 Å². The largest absolute Gasteiger partial charge is 4.00 e. The van der Waals surface area contributed by atoms with Crippen LogP contribution in [-0.4, -0.2) is 9.52 Å². The van der Waals surface area contributed by atoms with Gasteiger partial charge in [-0.3, -0.25) is 0 Å². The number of benzene rings is 2. The summed E-state index contributed by atoms with van der Waals surface area (Å²) in [4.78, 5) is 0. The molecule has 4 rings (SSSR count). The zero-order valence-corrected chi connectivity index (χ0v) is 28.6. The van der Waals surface area contributed by atoms with Gasteiger partial charge in [0.2, 0.25) is 0 Å². The molecule has 0 aliphatic rings. The summed E-state index contributed by atoms with van der Waals surface area (Å²) in [5.41, 5.74) is 6.03. The molecule has 4 heteroatoms. The molecule has 0 spiro atoms. The van der Waals surface area contributed by atoms with Crippen LogP contribution in [-0.2, 0) is 36.7 Å². The van der Waals surface area contributed by atoms with Gasteiger partial charge in [-0.25, -0.2) is 0 Å². The van der Waals surface area contributed by atoms with Gasteiger partial charge >= 0.3 is 25.8 Å². The van der Waals surface area contributed by atoms with Crippen LogP contribution >= 0.6 is 0 Å². The molecule has 0 atom stereocenters. The second kappa shape index (κ2) is 14.8. The van der Waals surface area contributed by atoms with E-state index in [9.17, 15) is 0 Å². The number of rotatable bonds is 0. The minimum atomic E-state index is 0. The summed E-state index contributed by atoms with van der Waals surface area (Å²) in [7, 11) is 1.08. The minimum absolute atomic E-state index is 0. The van der Waals surface area contributed by atoms with E-state index in [1.165, 1.54) is 43.8 Å².